The van der Waals surface area contributed by atoms with Crippen molar-refractivity contribution >= 4 is 0 Å². The van der Waals surface area contributed by atoms with Gasteiger partial charge < -0.3 is 14.0 Å². The molecule has 4 nitrogen and oxygen atoms in total. The largest absolute Gasteiger partial charge is 0.497 e. The van der Waals surface area contributed by atoms with E-state index < -0.39 is 0 Å². The summed E-state index contributed by atoms with van der Waals surface area (Å²) in [5.74, 6) is 1.54. The van der Waals surface area contributed by atoms with E-state index in [0.29, 0.717) is 12.4 Å². The minimum atomic E-state index is -0.261. The number of imidazole rings is 1. The Kier molecular flexibility index (Phi) is 5.67. The number of ether oxygens (including phenoxy) is 2. The molecule has 130 valence electrons. The summed E-state index contributed by atoms with van der Waals surface area (Å²) >= 11 is 0. The van der Waals surface area contributed by atoms with Crippen molar-refractivity contribution in [2.24, 2.45) is 0 Å². The summed E-state index contributed by atoms with van der Waals surface area (Å²) in [7, 11) is 1.66. The van der Waals surface area contributed by atoms with Crippen molar-refractivity contribution in [3.63, 3.8) is 0 Å². The Morgan fingerprint density at radius 1 is 1.04 bits per heavy atom. The van der Waals surface area contributed by atoms with E-state index in [0.717, 1.165) is 18.7 Å². The molecule has 0 bridgehead atoms. The number of methoxy groups -OCH3 is 1. The van der Waals surface area contributed by atoms with Crippen molar-refractivity contribution in [3.05, 3.63) is 78.6 Å². The second-order valence-electron chi connectivity index (χ2n) is 5.82. The quantitative estimate of drug-likeness (QED) is 0.614. The third-order valence-electron chi connectivity index (χ3n) is 4.13. The average Bonchev–Trinajstić information content (AvgIpc) is 3.16. The molecule has 3 aromatic rings. The summed E-state index contributed by atoms with van der Waals surface area (Å²) in [6, 6.07) is 14.2. The minimum Gasteiger partial charge on any atom is -0.497 e. The van der Waals surface area contributed by atoms with Crippen molar-refractivity contribution < 1.29 is 13.9 Å². The molecule has 5 heteroatoms. The second kappa shape index (κ2) is 8.33. The molecule has 2 aromatic carbocycles. The Labute approximate surface area is 146 Å². The lowest BCUT2D eigenvalue weighted by molar-refractivity contribution is 0.290. The highest BCUT2D eigenvalue weighted by atomic mass is 19.1. The zero-order chi connectivity index (χ0) is 17.5. The molecule has 0 fully saturated rings. The highest BCUT2D eigenvalue weighted by Crippen LogP contribution is 2.25. The summed E-state index contributed by atoms with van der Waals surface area (Å²) in [6.07, 6.45) is 6.39. The van der Waals surface area contributed by atoms with Crippen molar-refractivity contribution in [3.8, 4) is 11.5 Å². The Balaban J connectivity index is 1.65. The van der Waals surface area contributed by atoms with Crippen molar-refractivity contribution in [2.75, 3.05) is 13.7 Å². The van der Waals surface area contributed by atoms with Gasteiger partial charge in [-0.05, 0) is 48.4 Å². The Bertz CT molecular complexity index is 755. The molecule has 1 unspecified atom stereocenters. The van der Waals surface area contributed by atoms with E-state index in [1.807, 2.05) is 24.7 Å². The van der Waals surface area contributed by atoms with Gasteiger partial charge in [-0.15, -0.1) is 0 Å². The van der Waals surface area contributed by atoms with Crippen LogP contribution in [0.1, 0.15) is 17.9 Å². The third-order valence-corrected chi connectivity index (χ3v) is 4.13. The molecule has 0 aliphatic rings. The highest BCUT2D eigenvalue weighted by molar-refractivity contribution is 5.29. The van der Waals surface area contributed by atoms with Gasteiger partial charge in [-0.3, -0.25) is 0 Å². The van der Waals surface area contributed by atoms with Gasteiger partial charge in [-0.25, -0.2) is 9.37 Å². The summed E-state index contributed by atoms with van der Waals surface area (Å²) in [5.41, 5.74) is 1.22. The lowest BCUT2D eigenvalue weighted by atomic mass is 9.96. The van der Waals surface area contributed by atoms with Crippen LogP contribution in [0.25, 0.3) is 0 Å². The zero-order valence-corrected chi connectivity index (χ0v) is 14.1. The van der Waals surface area contributed by atoms with E-state index in [-0.39, 0.29) is 11.7 Å². The van der Waals surface area contributed by atoms with Crippen LogP contribution in [0.4, 0.5) is 4.39 Å². The SMILES string of the molecule is COc1ccc(C(CCOc2ccc(F)cc2)Cn2ccnc2)cc1. The van der Waals surface area contributed by atoms with Crippen LogP contribution in [0, 0.1) is 5.82 Å². The molecule has 0 spiro atoms. The first-order valence-corrected chi connectivity index (χ1v) is 8.22. The number of halogens is 1. The van der Waals surface area contributed by atoms with E-state index >= 15 is 0 Å². The smallest absolute Gasteiger partial charge is 0.123 e. The number of benzene rings is 2. The van der Waals surface area contributed by atoms with E-state index in [1.54, 1.807) is 25.4 Å². The maximum absolute atomic E-state index is 13.0. The zero-order valence-electron chi connectivity index (χ0n) is 14.1. The molecule has 0 aliphatic carbocycles. The van der Waals surface area contributed by atoms with Gasteiger partial charge in [-0.2, -0.15) is 0 Å². The molecule has 0 saturated carbocycles. The molecule has 1 aromatic heterocycles. The molecule has 0 N–H and O–H groups in total. The fraction of sp³-hybridized carbons (Fsp3) is 0.250. The molecule has 0 radical (unpaired) electrons. The summed E-state index contributed by atoms with van der Waals surface area (Å²) in [5, 5.41) is 0. The summed E-state index contributed by atoms with van der Waals surface area (Å²) < 4.78 is 26.0. The minimum absolute atomic E-state index is 0.261. The van der Waals surface area contributed by atoms with Gasteiger partial charge in [0.2, 0.25) is 0 Å². The molecule has 0 amide bonds. The molecule has 0 saturated heterocycles. The first-order valence-electron chi connectivity index (χ1n) is 8.22. The third kappa shape index (κ3) is 4.83. The Hall–Kier alpha value is -2.82. The predicted octanol–water partition coefficient (Wildman–Crippen LogP) is 4.28. The van der Waals surface area contributed by atoms with E-state index in [9.17, 15) is 4.39 Å². The standard InChI is InChI=1S/C20H21FN2O2/c1-24-19-6-2-16(3-7-19)17(14-23-12-11-22-15-23)10-13-25-20-8-4-18(21)5-9-20/h2-9,11-12,15,17H,10,13-14H2,1H3. The van der Waals surface area contributed by atoms with Gasteiger partial charge in [0.1, 0.15) is 17.3 Å². The van der Waals surface area contributed by atoms with Crippen LogP contribution in [0.5, 0.6) is 11.5 Å². The monoisotopic (exact) mass is 340 g/mol. The summed E-state index contributed by atoms with van der Waals surface area (Å²) in [4.78, 5) is 4.11. The number of rotatable bonds is 8. The van der Waals surface area contributed by atoms with Crippen LogP contribution in [-0.4, -0.2) is 23.3 Å². The van der Waals surface area contributed by atoms with Crippen molar-refractivity contribution in [1.82, 2.24) is 9.55 Å². The van der Waals surface area contributed by atoms with Crippen LogP contribution in [0.15, 0.2) is 67.3 Å². The molecule has 1 heterocycles. The molecule has 1 atom stereocenters. The first kappa shape index (κ1) is 17.0. The van der Waals surface area contributed by atoms with Gasteiger partial charge in [0.15, 0.2) is 0 Å². The van der Waals surface area contributed by atoms with Gasteiger partial charge in [0, 0.05) is 24.9 Å². The Morgan fingerprint density at radius 2 is 1.76 bits per heavy atom. The second-order valence-corrected chi connectivity index (χ2v) is 5.82. The highest BCUT2D eigenvalue weighted by Gasteiger charge is 2.13. The Morgan fingerprint density at radius 3 is 2.40 bits per heavy atom. The van der Waals surface area contributed by atoms with E-state index in [2.05, 4.69) is 21.7 Å². The van der Waals surface area contributed by atoms with Crippen LogP contribution in [-0.2, 0) is 6.54 Å². The summed E-state index contributed by atoms with van der Waals surface area (Å²) in [6.45, 7) is 1.37. The normalized spacial score (nSPS) is 11.9. The topological polar surface area (TPSA) is 36.3 Å². The molecular weight excluding hydrogens is 319 g/mol. The maximum Gasteiger partial charge on any atom is 0.123 e. The average molecular weight is 340 g/mol. The molecule has 0 aliphatic heterocycles. The molecule has 3 rings (SSSR count). The molecular formula is C20H21FN2O2. The fourth-order valence-corrected chi connectivity index (χ4v) is 2.74. The number of aromatic nitrogens is 2. The van der Waals surface area contributed by atoms with Crippen LogP contribution < -0.4 is 9.47 Å². The maximum atomic E-state index is 13.0. The number of hydrogen-bond acceptors (Lipinski definition) is 3. The fourth-order valence-electron chi connectivity index (χ4n) is 2.74. The number of hydrogen-bond donors (Lipinski definition) is 0. The van der Waals surface area contributed by atoms with Gasteiger partial charge >= 0.3 is 0 Å². The van der Waals surface area contributed by atoms with Crippen LogP contribution >= 0.6 is 0 Å². The lowest BCUT2D eigenvalue weighted by Crippen LogP contribution is -2.12. The first-order chi connectivity index (χ1) is 12.2. The van der Waals surface area contributed by atoms with Crippen LogP contribution in [0.3, 0.4) is 0 Å². The van der Waals surface area contributed by atoms with Crippen LogP contribution in [0.2, 0.25) is 0 Å². The molecule has 25 heavy (non-hydrogen) atoms. The number of nitrogens with zero attached hydrogens (tertiary/aromatic N) is 2. The van der Waals surface area contributed by atoms with Gasteiger partial charge in [0.25, 0.3) is 0 Å². The lowest BCUT2D eigenvalue weighted by Gasteiger charge is -2.19. The van der Waals surface area contributed by atoms with Crippen molar-refractivity contribution in [2.45, 2.75) is 18.9 Å². The van der Waals surface area contributed by atoms with Crippen molar-refractivity contribution in [1.29, 1.82) is 0 Å². The predicted molar refractivity (Wildman–Crippen MR) is 94.5 cm³/mol. The van der Waals surface area contributed by atoms with E-state index in [4.69, 9.17) is 9.47 Å². The van der Waals surface area contributed by atoms with E-state index in [1.165, 1.54) is 17.7 Å². The van der Waals surface area contributed by atoms with Gasteiger partial charge in [-0.1, -0.05) is 12.1 Å². The van der Waals surface area contributed by atoms with Gasteiger partial charge in [0.05, 0.1) is 20.0 Å².